The molecule has 0 saturated heterocycles. The van der Waals surface area contributed by atoms with E-state index in [1.807, 2.05) is 0 Å². The molecule has 7 nitrogen and oxygen atoms in total. The van der Waals surface area contributed by atoms with Gasteiger partial charge in [0.15, 0.2) is 0 Å². The van der Waals surface area contributed by atoms with Crippen molar-refractivity contribution in [1.29, 1.82) is 0 Å². The molecule has 0 aliphatic carbocycles. The van der Waals surface area contributed by atoms with Gasteiger partial charge in [0.2, 0.25) is 0 Å². The summed E-state index contributed by atoms with van der Waals surface area (Å²) in [6, 6.07) is 12.9. The van der Waals surface area contributed by atoms with Gasteiger partial charge in [0, 0.05) is 30.1 Å². The van der Waals surface area contributed by atoms with E-state index in [4.69, 9.17) is 0 Å². The molecule has 28 heavy (non-hydrogen) atoms. The number of rotatable bonds is 5. The molecule has 0 radical (unpaired) electrons. The third kappa shape index (κ3) is 4.29. The first kappa shape index (κ1) is 19.0. The lowest BCUT2D eigenvalue weighted by Crippen LogP contribution is -2.22. The number of carbonyl (C=O) groups is 1. The Kier molecular flexibility index (Phi) is 5.30. The quantitative estimate of drug-likeness (QED) is 0.541. The number of carbonyl (C=O) groups excluding carboxylic acids is 1. The van der Waals surface area contributed by atoms with E-state index >= 15 is 0 Å². The number of aromatic nitrogens is 1. The Morgan fingerprint density at radius 3 is 2.68 bits per heavy atom. The molecule has 0 bridgehead atoms. The lowest BCUT2D eigenvalue weighted by atomic mass is 10.2. The lowest BCUT2D eigenvalue weighted by molar-refractivity contribution is -0.384. The van der Waals surface area contributed by atoms with E-state index in [1.165, 1.54) is 47.2 Å². The molecule has 0 spiro atoms. The average Bonchev–Trinajstić information content (AvgIpc) is 2.66. The highest BCUT2D eigenvalue weighted by Gasteiger charge is 2.11. The minimum Gasteiger partial charge on any atom is -0.322 e. The van der Waals surface area contributed by atoms with E-state index in [0.717, 1.165) is 0 Å². The molecule has 3 aromatic rings. The minimum atomic E-state index is -0.517. The normalized spacial score (nSPS) is 10.5. The fourth-order valence-electron chi connectivity index (χ4n) is 2.63. The van der Waals surface area contributed by atoms with Crippen LogP contribution in [0, 0.1) is 22.9 Å². The fraction of sp³-hybridized carbons (Fsp3) is 0.100. The van der Waals surface area contributed by atoms with Crippen LogP contribution >= 0.6 is 0 Å². The number of hydrogen-bond acceptors (Lipinski definition) is 4. The highest BCUT2D eigenvalue weighted by atomic mass is 19.1. The van der Waals surface area contributed by atoms with E-state index in [2.05, 4.69) is 5.32 Å². The standard InChI is InChI=1S/C20H16FN3O4/c1-13-5-7-16(10-18(13)21)22-20(26)15-6-8-19(25)23(12-15)11-14-3-2-4-17(9-14)24(27)28/h2-10,12H,11H2,1H3,(H,22,26). The van der Waals surface area contributed by atoms with Crippen LogP contribution in [0.25, 0.3) is 0 Å². The number of benzene rings is 2. The molecule has 2 aromatic carbocycles. The Morgan fingerprint density at radius 2 is 1.96 bits per heavy atom. The van der Waals surface area contributed by atoms with Crippen molar-refractivity contribution in [2.45, 2.75) is 13.5 Å². The van der Waals surface area contributed by atoms with Gasteiger partial charge in [0.25, 0.3) is 17.2 Å². The highest BCUT2D eigenvalue weighted by Crippen LogP contribution is 2.16. The van der Waals surface area contributed by atoms with Crippen molar-refractivity contribution < 1.29 is 14.1 Å². The van der Waals surface area contributed by atoms with Gasteiger partial charge in [-0.25, -0.2) is 4.39 Å². The summed E-state index contributed by atoms with van der Waals surface area (Å²) in [7, 11) is 0. The Balaban J connectivity index is 1.83. The number of non-ortho nitro benzene ring substituents is 1. The van der Waals surface area contributed by atoms with Gasteiger partial charge in [-0.15, -0.1) is 0 Å². The first-order valence-corrected chi connectivity index (χ1v) is 8.35. The number of nitro benzene ring substituents is 1. The van der Waals surface area contributed by atoms with Crippen molar-refractivity contribution in [1.82, 2.24) is 4.57 Å². The number of nitrogens with one attached hydrogen (secondary N) is 1. The summed E-state index contributed by atoms with van der Waals surface area (Å²) < 4.78 is 14.9. The lowest BCUT2D eigenvalue weighted by Gasteiger charge is -2.10. The van der Waals surface area contributed by atoms with Crippen LogP contribution in [-0.2, 0) is 6.54 Å². The van der Waals surface area contributed by atoms with Crippen LogP contribution in [0.1, 0.15) is 21.5 Å². The van der Waals surface area contributed by atoms with Crippen LogP contribution in [0.15, 0.2) is 65.6 Å². The van der Waals surface area contributed by atoms with E-state index in [-0.39, 0.29) is 23.4 Å². The molecule has 1 amide bonds. The molecule has 8 heteroatoms. The summed E-state index contributed by atoms with van der Waals surface area (Å²) in [5, 5.41) is 13.5. The van der Waals surface area contributed by atoms with Gasteiger partial charge in [0.1, 0.15) is 5.82 Å². The molecule has 1 N–H and O–H groups in total. The first-order valence-electron chi connectivity index (χ1n) is 8.35. The number of nitrogens with zero attached hydrogens (tertiary/aromatic N) is 2. The van der Waals surface area contributed by atoms with Crippen LogP contribution in [0.5, 0.6) is 0 Å². The smallest absolute Gasteiger partial charge is 0.269 e. The topological polar surface area (TPSA) is 94.2 Å². The maximum atomic E-state index is 13.6. The zero-order valence-corrected chi connectivity index (χ0v) is 14.9. The summed E-state index contributed by atoms with van der Waals surface area (Å²) in [4.78, 5) is 34.9. The monoisotopic (exact) mass is 381 g/mol. The van der Waals surface area contributed by atoms with E-state index < -0.39 is 16.6 Å². The number of halogens is 1. The van der Waals surface area contributed by atoms with Crippen molar-refractivity contribution in [2.75, 3.05) is 5.32 Å². The van der Waals surface area contributed by atoms with Crippen molar-refractivity contribution >= 4 is 17.3 Å². The van der Waals surface area contributed by atoms with Gasteiger partial charge >= 0.3 is 0 Å². The molecule has 142 valence electrons. The number of aryl methyl sites for hydroxylation is 1. The van der Waals surface area contributed by atoms with Crippen LogP contribution in [0.2, 0.25) is 0 Å². The number of hydrogen-bond donors (Lipinski definition) is 1. The van der Waals surface area contributed by atoms with Gasteiger partial charge in [-0.05, 0) is 36.2 Å². The zero-order chi connectivity index (χ0) is 20.3. The van der Waals surface area contributed by atoms with E-state index in [9.17, 15) is 24.1 Å². The van der Waals surface area contributed by atoms with Crippen LogP contribution in [-0.4, -0.2) is 15.4 Å². The molecule has 1 aromatic heterocycles. The van der Waals surface area contributed by atoms with E-state index in [0.29, 0.717) is 16.8 Å². The summed E-state index contributed by atoms with van der Waals surface area (Å²) in [5.41, 5.74) is 1.07. The molecule has 0 saturated carbocycles. The maximum absolute atomic E-state index is 13.6. The van der Waals surface area contributed by atoms with Crippen LogP contribution in [0.3, 0.4) is 0 Å². The number of amides is 1. The number of nitro groups is 1. The third-order valence-electron chi connectivity index (χ3n) is 4.15. The number of pyridine rings is 1. The van der Waals surface area contributed by atoms with Gasteiger partial charge in [-0.3, -0.25) is 19.7 Å². The van der Waals surface area contributed by atoms with Crippen LogP contribution < -0.4 is 10.9 Å². The molecular weight excluding hydrogens is 365 g/mol. The van der Waals surface area contributed by atoms with Gasteiger partial charge in [-0.2, -0.15) is 0 Å². The molecule has 0 aliphatic heterocycles. The minimum absolute atomic E-state index is 0.0702. The molecule has 0 atom stereocenters. The summed E-state index contributed by atoms with van der Waals surface area (Å²) in [6.07, 6.45) is 1.36. The largest absolute Gasteiger partial charge is 0.322 e. The molecule has 0 unspecified atom stereocenters. The van der Waals surface area contributed by atoms with Gasteiger partial charge in [0.05, 0.1) is 17.0 Å². The van der Waals surface area contributed by atoms with Crippen LogP contribution in [0.4, 0.5) is 15.8 Å². The summed E-state index contributed by atoms with van der Waals surface area (Å²) in [5.74, 6) is -0.940. The Labute approximate surface area is 159 Å². The second-order valence-electron chi connectivity index (χ2n) is 6.23. The van der Waals surface area contributed by atoms with E-state index in [1.54, 1.807) is 25.1 Å². The fourth-order valence-corrected chi connectivity index (χ4v) is 2.63. The van der Waals surface area contributed by atoms with Crippen molar-refractivity contribution in [3.8, 4) is 0 Å². The molecular formula is C20H16FN3O4. The number of anilines is 1. The third-order valence-corrected chi connectivity index (χ3v) is 4.15. The predicted octanol–water partition coefficient (Wildman–Crippen LogP) is 3.50. The van der Waals surface area contributed by atoms with Crippen molar-refractivity contribution in [2.24, 2.45) is 0 Å². The molecule has 0 aliphatic rings. The Bertz CT molecular complexity index is 1120. The second kappa shape index (κ2) is 7.83. The van der Waals surface area contributed by atoms with Gasteiger partial charge in [-0.1, -0.05) is 18.2 Å². The summed E-state index contributed by atoms with van der Waals surface area (Å²) in [6.45, 7) is 1.69. The second-order valence-corrected chi connectivity index (χ2v) is 6.23. The zero-order valence-electron chi connectivity index (χ0n) is 14.9. The molecule has 3 rings (SSSR count). The SMILES string of the molecule is Cc1ccc(NC(=O)c2ccc(=O)n(Cc3cccc([N+](=O)[O-])c3)c2)cc1F. The Hall–Kier alpha value is -3.81. The van der Waals surface area contributed by atoms with Crippen molar-refractivity contribution in [3.05, 3.63) is 104 Å². The molecule has 1 heterocycles. The predicted molar refractivity (Wildman–Crippen MR) is 102 cm³/mol. The van der Waals surface area contributed by atoms with Gasteiger partial charge < -0.3 is 9.88 Å². The Morgan fingerprint density at radius 1 is 1.18 bits per heavy atom. The molecule has 0 fully saturated rings. The first-order chi connectivity index (χ1) is 13.3. The van der Waals surface area contributed by atoms with Crippen molar-refractivity contribution in [3.63, 3.8) is 0 Å². The summed E-state index contributed by atoms with van der Waals surface area (Å²) >= 11 is 0. The average molecular weight is 381 g/mol. The highest BCUT2D eigenvalue weighted by molar-refractivity contribution is 6.04. The maximum Gasteiger partial charge on any atom is 0.269 e.